The molecule has 0 aliphatic carbocycles. The van der Waals surface area contributed by atoms with Gasteiger partial charge in [-0.3, -0.25) is 0 Å². The van der Waals surface area contributed by atoms with E-state index in [2.05, 4.69) is 15.3 Å². The summed E-state index contributed by atoms with van der Waals surface area (Å²) in [6.45, 7) is 0. The highest BCUT2D eigenvalue weighted by atomic mass is 35.5. The van der Waals surface area contributed by atoms with Crippen LogP contribution >= 0.6 is 34.8 Å². The summed E-state index contributed by atoms with van der Waals surface area (Å²) in [5.41, 5.74) is 1.24. The Morgan fingerprint density at radius 2 is 1.67 bits per heavy atom. The maximum absolute atomic E-state index is 6.11. The molecule has 7 heteroatoms. The SMILES string of the molecule is Clc1ccccc1-n1cc2c(Cl)nnc(Cl)c2n1. The molecule has 3 aromatic rings. The number of halogens is 3. The molecule has 0 unspecified atom stereocenters. The van der Waals surface area contributed by atoms with Crippen molar-refractivity contribution in [3.8, 4) is 5.69 Å². The summed E-state index contributed by atoms with van der Waals surface area (Å²) in [5, 5.41) is 13.4. The van der Waals surface area contributed by atoms with Crippen LogP contribution in [-0.2, 0) is 0 Å². The van der Waals surface area contributed by atoms with E-state index < -0.39 is 0 Å². The molecule has 0 fully saturated rings. The molecule has 0 saturated heterocycles. The molecule has 0 bridgehead atoms. The summed E-state index contributed by atoms with van der Waals surface area (Å²) in [7, 11) is 0. The minimum atomic E-state index is 0.209. The Labute approximate surface area is 117 Å². The third-order valence-electron chi connectivity index (χ3n) is 2.46. The van der Waals surface area contributed by atoms with E-state index in [0.717, 1.165) is 5.69 Å². The molecule has 0 amide bonds. The molecule has 0 aliphatic rings. The average molecular weight is 300 g/mol. The number of aromatic nitrogens is 4. The number of hydrogen-bond acceptors (Lipinski definition) is 3. The van der Waals surface area contributed by atoms with Crippen LogP contribution in [0.5, 0.6) is 0 Å². The number of fused-ring (bicyclic) bond motifs is 1. The van der Waals surface area contributed by atoms with E-state index in [9.17, 15) is 0 Å². The van der Waals surface area contributed by atoms with E-state index in [1.54, 1.807) is 16.9 Å². The minimum Gasteiger partial charge on any atom is -0.238 e. The van der Waals surface area contributed by atoms with Gasteiger partial charge in [0.2, 0.25) is 0 Å². The monoisotopic (exact) mass is 298 g/mol. The van der Waals surface area contributed by atoms with E-state index in [0.29, 0.717) is 15.9 Å². The number of nitrogens with zero attached hydrogens (tertiary/aromatic N) is 4. The zero-order valence-electron chi connectivity index (χ0n) is 8.81. The lowest BCUT2D eigenvalue weighted by molar-refractivity contribution is 0.895. The first-order valence-electron chi connectivity index (χ1n) is 4.99. The molecule has 0 atom stereocenters. The van der Waals surface area contributed by atoms with Gasteiger partial charge in [0.25, 0.3) is 0 Å². The van der Waals surface area contributed by atoms with Crippen LogP contribution in [0, 0.1) is 0 Å². The maximum atomic E-state index is 6.11. The first-order valence-corrected chi connectivity index (χ1v) is 6.12. The lowest BCUT2D eigenvalue weighted by Crippen LogP contribution is -1.94. The molecule has 2 heterocycles. The summed E-state index contributed by atoms with van der Waals surface area (Å²) in [6, 6.07) is 7.34. The average Bonchev–Trinajstić information content (AvgIpc) is 2.80. The fourth-order valence-corrected chi connectivity index (χ4v) is 2.20. The van der Waals surface area contributed by atoms with Crippen molar-refractivity contribution in [2.24, 2.45) is 0 Å². The van der Waals surface area contributed by atoms with Crippen molar-refractivity contribution in [3.63, 3.8) is 0 Å². The predicted molar refractivity (Wildman–Crippen MR) is 71.7 cm³/mol. The molecule has 0 saturated carbocycles. The number of benzene rings is 1. The lowest BCUT2D eigenvalue weighted by atomic mass is 10.3. The van der Waals surface area contributed by atoms with E-state index in [-0.39, 0.29) is 10.3 Å². The Kier molecular flexibility index (Phi) is 2.86. The fraction of sp³-hybridized carbons (Fsp3) is 0. The highest BCUT2D eigenvalue weighted by Crippen LogP contribution is 2.27. The van der Waals surface area contributed by atoms with Gasteiger partial charge in [-0.1, -0.05) is 46.9 Å². The topological polar surface area (TPSA) is 43.6 Å². The Bertz CT molecular complexity index is 699. The second-order valence-corrected chi connectivity index (χ2v) is 4.69. The molecular formula is C11H5Cl3N4. The molecule has 90 valence electrons. The molecule has 0 aliphatic heterocycles. The number of hydrogen-bond donors (Lipinski definition) is 0. The molecule has 18 heavy (non-hydrogen) atoms. The second kappa shape index (κ2) is 4.39. The zero-order chi connectivity index (χ0) is 12.7. The summed E-state index contributed by atoms with van der Waals surface area (Å²) < 4.78 is 1.61. The Balaban J connectivity index is 2.29. The highest BCUT2D eigenvalue weighted by molar-refractivity contribution is 6.38. The third-order valence-corrected chi connectivity index (χ3v) is 3.31. The van der Waals surface area contributed by atoms with Gasteiger partial charge in [0.1, 0.15) is 5.52 Å². The number of para-hydroxylation sites is 1. The van der Waals surface area contributed by atoms with Gasteiger partial charge in [0, 0.05) is 6.20 Å². The van der Waals surface area contributed by atoms with Crippen molar-refractivity contribution in [3.05, 3.63) is 45.8 Å². The van der Waals surface area contributed by atoms with Gasteiger partial charge in [0.05, 0.1) is 16.1 Å². The minimum absolute atomic E-state index is 0.209. The van der Waals surface area contributed by atoms with Crippen molar-refractivity contribution in [2.45, 2.75) is 0 Å². The Morgan fingerprint density at radius 1 is 0.944 bits per heavy atom. The molecule has 0 spiro atoms. The molecule has 0 N–H and O–H groups in total. The summed E-state index contributed by atoms with van der Waals surface area (Å²) in [6.07, 6.45) is 1.72. The van der Waals surface area contributed by atoms with Gasteiger partial charge in [-0.25, -0.2) is 4.68 Å². The molecule has 4 nitrogen and oxygen atoms in total. The number of rotatable bonds is 1. The first-order chi connectivity index (χ1) is 8.66. The second-order valence-electron chi connectivity index (χ2n) is 3.57. The highest BCUT2D eigenvalue weighted by Gasteiger charge is 2.12. The van der Waals surface area contributed by atoms with Crippen LogP contribution in [0.4, 0.5) is 0 Å². The van der Waals surface area contributed by atoms with Crippen molar-refractivity contribution in [1.82, 2.24) is 20.0 Å². The van der Waals surface area contributed by atoms with E-state index in [1.807, 2.05) is 18.2 Å². The molecule has 1 aromatic carbocycles. The lowest BCUT2D eigenvalue weighted by Gasteiger charge is -2.02. The van der Waals surface area contributed by atoms with E-state index in [4.69, 9.17) is 34.8 Å². The maximum Gasteiger partial charge on any atom is 0.179 e. The van der Waals surface area contributed by atoms with Crippen LogP contribution in [0.25, 0.3) is 16.6 Å². The summed E-state index contributed by atoms with van der Waals surface area (Å²) >= 11 is 18.0. The predicted octanol–water partition coefficient (Wildman–Crippen LogP) is 3.78. The molecular weight excluding hydrogens is 295 g/mol. The van der Waals surface area contributed by atoms with Gasteiger partial charge < -0.3 is 0 Å². The van der Waals surface area contributed by atoms with Gasteiger partial charge >= 0.3 is 0 Å². The Morgan fingerprint density at radius 3 is 2.39 bits per heavy atom. The standard InChI is InChI=1S/C11H5Cl3N4/c12-7-3-1-2-4-8(7)18-5-6-9(17-18)11(14)16-15-10(6)13/h1-5H. The van der Waals surface area contributed by atoms with Gasteiger partial charge in [-0.2, -0.15) is 5.10 Å². The zero-order valence-corrected chi connectivity index (χ0v) is 11.1. The first kappa shape index (κ1) is 11.7. The Hall–Kier alpha value is -1.36. The van der Waals surface area contributed by atoms with Gasteiger partial charge in [-0.15, -0.1) is 10.2 Å². The molecule has 0 radical (unpaired) electrons. The van der Waals surface area contributed by atoms with Crippen molar-refractivity contribution in [2.75, 3.05) is 0 Å². The van der Waals surface area contributed by atoms with Crippen LogP contribution < -0.4 is 0 Å². The van der Waals surface area contributed by atoms with Crippen molar-refractivity contribution < 1.29 is 0 Å². The molecule has 3 rings (SSSR count). The fourth-order valence-electron chi connectivity index (χ4n) is 1.63. The van der Waals surface area contributed by atoms with Gasteiger partial charge in [-0.05, 0) is 12.1 Å². The smallest absolute Gasteiger partial charge is 0.179 e. The van der Waals surface area contributed by atoms with Crippen LogP contribution in [0.2, 0.25) is 15.3 Å². The van der Waals surface area contributed by atoms with Crippen LogP contribution in [0.3, 0.4) is 0 Å². The summed E-state index contributed by atoms with van der Waals surface area (Å²) in [4.78, 5) is 0. The van der Waals surface area contributed by atoms with Crippen molar-refractivity contribution in [1.29, 1.82) is 0 Å². The van der Waals surface area contributed by atoms with Crippen LogP contribution in [0.15, 0.2) is 30.5 Å². The van der Waals surface area contributed by atoms with Crippen LogP contribution in [-0.4, -0.2) is 20.0 Å². The summed E-state index contributed by atoms with van der Waals surface area (Å²) in [5.74, 6) is 0. The molecule has 2 aromatic heterocycles. The quantitative estimate of drug-likeness (QED) is 0.687. The van der Waals surface area contributed by atoms with Crippen LogP contribution in [0.1, 0.15) is 0 Å². The van der Waals surface area contributed by atoms with Crippen molar-refractivity contribution >= 4 is 45.7 Å². The van der Waals surface area contributed by atoms with Gasteiger partial charge in [0.15, 0.2) is 10.3 Å². The normalized spacial score (nSPS) is 11.1. The van der Waals surface area contributed by atoms with E-state index in [1.165, 1.54) is 0 Å². The largest absolute Gasteiger partial charge is 0.238 e. The third kappa shape index (κ3) is 1.82. The van der Waals surface area contributed by atoms with E-state index >= 15 is 0 Å².